The lowest BCUT2D eigenvalue weighted by Crippen LogP contribution is -2.26. The summed E-state index contributed by atoms with van der Waals surface area (Å²) in [4.78, 5) is 0. The van der Waals surface area contributed by atoms with E-state index in [0.29, 0.717) is 0 Å². The molecule has 2 N–H and O–H groups in total. The minimum Gasteiger partial charge on any atom is -0.326 e. The third-order valence-electron chi connectivity index (χ3n) is 0. The second kappa shape index (κ2) is 2.19. The van der Waals surface area contributed by atoms with Crippen LogP contribution in [0.3, 0.4) is 0 Å². The van der Waals surface area contributed by atoms with Gasteiger partial charge in [-0.15, -0.1) is 0 Å². The summed E-state index contributed by atoms with van der Waals surface area (Å²) < 4.78 is 0. The molecule has 1 heteroatoms. The zero-order chi connectivity index (χ0) is 4.50. The first-order valence-electron chi connectivity index (χ1n) is 1.79. The Bertz CT molecular complexity index is 19.4. The summed E-state index contributed by atoms with van der Waals surface area (Å²) in [6.45, 7) is 5.90. The number of nitrogens with two attached hydrogens (primary N) is 1. The second-order valence-electron chi connectivity index (χ2n) is 2.37. The van der Waals surface area contributed by atoms with Gasteiger partial charge in [0.2, 0.25) is 0 Å². The van der Waals surface area contributed by atoms with Gasteiger partial charge in [-0.05, 0) is 20.8 Å². The van der Waals surface area contributed by atoms with E-state index >= 15 is 0 Å². The topological polar surface area (TPSA) is 26.0 Å². The Morgan fingerprint density at radius 3 is 1.17 bits per heavy atom. The monoisotopic (exact) mass is 89.1 g/mol. The van der Waals surface area contributed by atoms with Crippen molar-refractivity contribution in [2.24, 2.45) is 5.73 Å². The van der Waals surface area contributed by atoms with Crippen LogP contribution in [0, 0.1) is 0 Å². The Morgan fingerprint density at radius 1 is 1.17 bits per heavy atom. The average molecular weight is 89.2 g/mol. The lowest BCUT2D eigenvalue weighted by Gasteiger charge is -2.06. The zero-order valence-corrected chi connectivity index (χ0v) is 4.08. The molecule has 0 aromatic carbocycles. The maximum atomic E-state index is 5.35. The van der Waals surface area contributed by atoms with Crippen molar-refractivity contribution in [1.29, 1.82) is 0 Å². The summed E-state index contributed by atoms with van der Waals surface area (Å²) in [7, 11) is 0. The predicted octanol–water partition coefficient (Wildman–Crippen LogP) is 1.38. The molecule has 0 spiro atoms. The zero-order valence-electron chi connectivity index (χ0n) is 4.08. The van der Waals surface area contributed by atoms with Crippen LogP contribution >= 0.6 is 0 Å². The predicted molar refractivity (Wildman–Crippen MR) is 30.7 cm³/mol. The first-order valence-corrected chi connectivity index (χ1v) is 1.79. The number of hydrogen-bond donors (Lipinski definition) is 1. The fourth-order valence-electron chi connectivity index (χ4n) is 0. The Morgan fingerprint density at radius 2 is 1.17 bits per heavy atom. The van der Waals surface area contributed by atoms with Crippen LogP contribution in [0.4, 0.5) is 0 Å². The van der Waals surface area contributed by atoms with E-state index in [-0.39, 0.29) is 13.0 Å². The van der Waals surface area contributed by atoms with Crippen LogP contribution < -0.4 is 5.73 Å². The molecule has 0 aromatic rings. The summed E-state index contributed by atoms with van der Waals surface area (Å²) in [6, 6.07) is 0. The lowest BCUT2D eigenvalue weighted by atomic mass is 10.1. The molecule has 40 valence electrons. The molecular formula is C5H15N. The van der Waals surface area contributed by atoms with Gasteiger partial charge in [0.05, 0.1) is 0 Å². The highest BCUT2D eigenvalue weighted by Gasteiger charge is 1.95. The van der Waals surface area contributed by atoms with Crippen molar-refractivity contribution in [2.45, 2.75) is 33.7 Å². The summed E-state index contributed by atoms with van der Waals surface area (Å²) in [5.41, 5.74) is 5.35. The third-order valence-corrected chi connectivity index (χ3v) is 0. The van der Waals surface area contributed by atoms with E-state index < -0.39 is 0 Å². The van der Waals surface area contributed by atoms with E-state index in [1.54, 1.807) is 0 Å². The van der Waals surface area contributed by atoms with Gasteiger partial charge in [-0.25, -0.2) is 0 Å². The van der Waals surface area contributed by atoms with Crippen molar-refractivity contribution < 1.29 is 0 Å². The Labute approximate surface area is 40.5 Å². The first kappa shape index (κ1) is 9.35. The fourth-order valence-corrected chi connectivity index (χ4v) is 0. The first-order chi connectivity index (χ1) is 2.00. The molecule has 0 amide bonds. The second-order valence-corrected chi connectivity index (χ2v) is 2.37. The Balaban J connectivity index is 0. The average Bonchev–Trinajstić information content (AvgIpc) is 0.722. The van der Waals surface area contributed by atoms with Crippen molar-refractivity contribution in [3.8, 4) is 0 Å². The normalized spacial score (nSPS) is 10.0. The van der Waals surface area contributed by atoms with Gasteiger partial charge in [-0.2, -0.15) is 0 Å². The van der Waals surface area contributed by atoms with Gasteiger partial charge in [0.1, 0.15) is 0 Å². The molecule has 0 atom stereocenters. The van der Waals surface area contributed by atoms with Crippen LogP contribution in [0.25, 0.3) is 0 Å². The molecule has 0 saturated heterocycles. The van der Waals surface area contributed by atoms with Gasteiger partial charge in [-0.1, -0.05) is 7.43 Å². The van der Waals surface area contributed by atoms with Crippen molar-refractivity contribution in [3.63, 3.8) is 0 Å². The molecule has 1 nitrogen and oxygen atoms in total. The van der Waals surface area contributed by atoms with Crippen LogP contribution in [0.15, 0.2) is 0 Å². The minimum absolute atomic E-state index is 0. The Hall–Kier alpha value is -0.0400. The summed E-state index contributed by atoms with van der Waals surface area (Å²) in [6.07, 6.45) is 0. The minimum atomic E-state index is 0. The molecule has 0 saturated carbocycles. The third kappa shape index (κ3) is 21700. The molecule has 0 bridgehead atoms. The number of hydrogen-bond acceptors (Lipinski definition) is 1. The Kier molecular flexibility index (Phi) is 3.41. The van der Waals surface area contributed by atoms with Crippen LogP contribution in [0.1, 0.15) is 28.2 Å². The highest BCUT2D eigenvalue weighted by atomic mass is 14.7. The number of rotatable bonds is 0. The molecule has 0 aromatic heterocycles. The van der Waals surface area contributed by atoms with E-state index in [2.05, 4.69) is 0 Å². The summed E-state index contributed by atoms with van der Waals surface area (Å²) in [5, 5.41) is 0. The summed E-state index contributed by atoms with van der Waals surface area (Å²) in [5.74, 6) is 0. The quantitative estimate of drug-likeness (QED) is 0.476. The molecular weight excluding hydrogens is 74.1 g/mol. The molecule has 0 radical (unpaired) electrons. The largest absolute Gasteiger partial charge is 0.326 e. The van der Waals surface area contributed by atoms with E-state index in [9.17, 15) is 0 Å². The van der Waals surface area contributed by atoms with Gasteiger partial charge < -0.3 is 5.73 Å². The molecule has 0 aliphatic heterocycles. The van der Waals surface area contributed by atoms with E-state index in [4.69, 9.17) is 5.73 Å². The molecule has 0 aliphatic carbocycles. The van der Waals surface area contributed by atoms with Crippen LogP contribution in [0.5, 0.6) is 0 Å². The molecule has 6 heavy (non-hydrogen) atoms. The maximum absolute atomic E-state index is 5.35. The van der Waals surface area contributed by atoms with Gasteiger partial charge in [-0.3, -0.25) is 0 Å². The smallest absolute Gasteiger partial charge is 0.00686 e. The van der Waals surface area contributed by atoms with Crippen molar-refractivity contribution in [1.82, 2.24) is 0 Å². The van der Waals surface area contributed by atoms with E-state index in [1.807, 2.05) is 20.8 Å². The molecule has 0 heterocycles. The highest BCUT2D eigenvalue weighted by Crippen LogP contribution is 1.88. The van der Waals surface area contributed by atoms with Crippen LogP contribution in [-0.4, -0.2) is 5.54 Å². The lowest BCUT2D eigenvalue weighted by molar-refractivity contribution is 0.580. The van der Waals surface area contributed by atoms with E-state index in [1.165, 1.54) is 0 Å². The highest BCUT2D eigenvalue weighted by molar-refractivity contribution is 4.60. The van der Waals surface area contributed by atoms with Gasteiger partial charge in [0.15, 0.2) is 0 Å². The van der Waals surface area contributed by atoms with Crippen molar-refractivity contribution in [2.75, 3.05) is 0 Å². The fraction of sp³-hybridized carbons (Fsp3) is 1.00. The molecule has 0 aliphatic rings. The van der Waals surface area contributed by atoms with Gasteiger partial charge in [0.25, 0.3) is 0 Å². The van der Waals surface area contributed by atoms with Crippen LogP contribution in [0.2, 0.25) is 0 Å². The van der Waals surface area contributed by atoms with Gasteiger partial charge >= 0.3 is 0 Å². The van der Waals surface area contributed by atoms with Crippen molar-refractivity contribution in [3.05, 3.63) is 0 Å². The SMILES string of the molecule is C.CC(C)(C)N. The van der Waals surface area contributed by atoms with Crippen LogP contribution in [-0.2, 0) is 0 Å². The summed E-state index contributed by atoms with van der Waals surface area (Å²) >= 11 is 0. The van der Waals surface area contributed by atoms with Crippen molar-refractivity contribution >= 4 is 0 Å². The van der Waals surface area contributed by atoms with Gasteiger partial charge in [0, 0.05) is 5.54 Å². The standard InChI is InChI=1S/C4H11N.CH4/c1-4(2,3)5;/h5H2,1-3H3;1H4. The maximum Gasteiger partial charge on any atom is 0.00686 e. The molecule has 0 rings (SSSR count). The molecule has 0 unspecified atom stereocenters. The molecule has 0 fully saturated rings. The van der Waals surface area contributed by atoms with E-state index in [0.717, 1.165) is 0 Å².